The first-order valence-corrected chi connectivity index (χ1v) is 14.1. The van der Waals surface area contributed by atoms with E-state index in [-0.39, 0.29) is 24.1 Å². The van der Waals surface area contributed by atoms with Crippen LogP contribution in [0, 0.1) is 0 Å². The number of rotatable bonds is 5. The molecule has 192 valence electrons. The number of anilines is 1. The van der Waals surface area contributed by atoms with Gasteiger partial charge in [0.25, 0.3) is 5.91 Å². The number of ether oxygens (including phenoxy) is 1. The predicted molar refractivity (Wildman–Crippen MR) is 150 cm³/mol. The van der Waals surface area contributed by atoms with E-state index >= 15 is 0 Å². The highest BCUT2D eigenvalue weighted by Gasteiger charge is 2.43. The summed E-state index contributed by atoms with van der Waals surface area (Å²) in [4.78, 5) is 41.5. The van der Waals surface area contributed by atoms with Gasteiger partial charge in [-0.3, -0.25) is 14.4 Å². The summed E-state index contributed by atoms with van der Waals surface area (Å²) in [6.45, 7) is -0.248. The average molecular weight is 649 g/mol. The van der Waals surface area contributed by atoms with Crippen LogP contribution in [0.15, 0.2) is 67.9 Å². The van der Waals surface area contributed by atoms with Crippen LogP contribution in [-0.4, -0.2) is 36.0 Å². The molecular formula is C28H25Br2ClN2O4. The summed E-state index contributed by atoms with van der Waals surface area (Å²) in [6.07, 6.45) is 4.06. The van der Waals surface area contributed by atoms with Crippen LogP contribution in [0.3, 0.4) is 0 Å². The zero-order chi connectivity index (χ0) is 26.3. The number of hydrogen-bond donors (Lipinski definition) is 1. The van der Waals surface area contributed by atoms with Crippen LogP contribution < -0.4 is 10.1 Å². The number of nitrogens with zero attached hydrogens (tertiary/aromatic N) is 1. The summed E-state index contributed by atoms with van der Waals surface area (Å²) in [5, 5.41) is 3.38. The van der Waals surface area contributed by atoms with E-state index in [2.05, 4.69) is 42.1 Å². The second-order valence-corrected chi connectivity index (χ2v) is 11.6. The molecule has 0 aromatic heterocycles. The number of ketones is 2. The van der Waals surface area contributed by atoms with Crippen LogP contribution in [0.1, 0.15) is 50.0 Å². The molecule has 0 fully saturated rings. The molecule has 2 aromatic rings. The molecule has 1 heterocycles. The lowest BCUT2D eigenvalue weighted by Crippen LogP contribution is -2.37. The molecule has 1 N–H and O–H groups in total. The standard InChI is InChI=1S/C28H25Br2ClN2O4/c1-33-20-4-2-6-22(34)26(20)25(27-21(33)5-3-7-23(27)35)18-12-15(29)13-19(30)28(18)37-14-24(36)32-17-10-8-16(31)9-11-17/h8-13,25H,2-7,14H2,1H3,(H,32,36). The zero-order valence-corrected chi connectivity index (χ0v) is 24.1. The zero-order valence-electron chi connectivity index (χ0n) is 20.2. The Balaban J connectivity index is 1.55. The van der Waals surface area contributed by atoms with Crippen molar-refractivity contribution in [1.82, 2.24) is 4.90 Å². The number of carbonyl (C=O) groups excluding carboxylic acids is 3. The van der Waals surface area contributed by atoms with Gasteiger partial charge < -0.3 is 15.0 Å². The molecule has 3 aliphatic rings. The maximum atomic E-state index is 13.4. The number of amides is 1. The Kier molecular flexibility index (Phi) is 7.61. The molecular weight excluding hydrogens is 624 g/mol. The topological polar surface area (TPSA) is 75.7 Å². The number of hydrogen-bond acceptors (Lipinski definition) is 5. The minimum Gasteiger partial charge on any atom is -0.482 e. The highest BCUT2D eigenvalue weighted by molar-refractivity contribution is 9.11. The molecule has 2 aromatic carbocycles. The van der Waals surface area contributed by atoms with Gasteiger partial charge in [0, 0.05) is 69.1 Å². The molecule has 0 saturated carbocycles. The van der Waals surface area contributed by atoms with Crippen molar-refractivity contribution in [2.45, 2.75) is 44.4 Å². The number of halogens is 3. The Morgan fingerprint density at radius 1 is 1.00 bits per heavy atom. The second-order valence-electron chi connectivity index (χ2n) is 9.42. The highest BCUT2D eigenvalue weighted by Crippen LogP contribution is 2.51. The lowest BCUT2D eigenvalue weighted by Gasteiger charge is -2.42. The van der Waals surface area contributed by atoms with E-state index in [0.29, 0.717) is 50.5 Å². The number of nitrogens with one attached hydrogen (secondary N) is 1. The quantitative estimate of drug-likeness (QED) is 0.381. The third kappa shape index (κ3) is 5.16. The fourth-order valence-electron chi connectivity index (χ4n) is 5.48. The van der Waals surface area contributed by atoms with Gasteiger partial charge in [0.1, 0.15) is 5.75 Å². The monoisotopic (exact) mass is 646 g/mol. The van der Waals surface area contributed by atoms with Gasteiger partial charge in [-0.15, -0.1) is 0 Å². The van der Waals surface area contributed by atoms with Crippen molar-refractivity contribution in [1.29, 1.82) is 0 Å². The van der Waals surface area contributed by atoms with Gasteiger partial charge in [-0.05, 0) is 78.0 Å². The smallest absolute Gasteiger partial charge is 0.262 e. The van der Waals surface area contributed by atoms with Crippen molar-refractivity contribution in [2.24, 2.45) is 0 Å². The third-order valence-electron chi connectivity index (χ3n) is 7.07. The second kappa shape index (κ2) is 10.8. The Morgan fingerprint density at radius 3 is 2.19 bits per heavy atom. The molecule has 0 bridgehead atoms. The van der Waals surface area contributed by atoms with E-state index < -0.39 is 5.92 Å². The first-order valence-electron chi connectivity index (χ1n) is 12.2. The van der Waals surface area contributed by atoms with Gasteiger partial charge in [-0.25, -0.2) is 0 Å². The summed E-state index contributed by atoms with van der Waals surface area (Å²) < 4.78 is 7.51. The van der Waals surface area contributed by atoms with Crippen molar-refractivity contribution < 1.29 is 19.1 Å². The molecule has 0 spiro atoms. The SMILES string of the molecule is CN1C2=C(C(=O)CCC2)C(c2cc(Br)cc(Br)c2OCC(=O)Nc2ccc(Cl)cc2)C2=C1CCCC2=O. The Hall–Kier alpha value is -2.42. The van der Waals surface area contributed by atoms with Gasteiger partial charge in [0.15, 0.2) is 18.2 Å². The Labute approximate surface area is 237 Å². The first-order chi connectivity index (χ1) is 17.7. The minimum absolute atomic E-state index is 0.0607. The number of carbonyl (C=O) groups is 3. The fourth-order valence-corrected chi connectivity index (χ4v) is 6.98. The maximum Gasteiger partial charge on any atom is 0.262 e. The maximum absolute atomic E-state index is 13.4. The van der Waals surface area contributed by atoms with E-state index in [1.165, 1.54) is 0 Å². The molecule has 5 rings (SSSR count). The molecule has 9 heteroatoms. The van der Waals surface area contributed by atoms with E-state index in [4.69, 9.17) is 16.3 Å². The van der Waals surface area contributed by atoms with Crippen molar-refractivity contribution in [2.75, 3.05) is 19.0 Å². The van der Waals surface area contributed by atoms with Crippen LogP contribution >= 0.6 is 43.5 Å². The summed E-state index contributed by atoms with van der Waals surface area (Å²) in [6, 6.07) is 10.5. The molecule has 0 unspecified atom stereocenters. The van der Waals surface area contributed by atoms with Gasteiger partial charge in [0.2, 0.25) is 0 Å². The van der Waals surface area contributed by atoms with E-state index in [0.717, 1.165) is 41.6 Å². The van der Waals surface area contributed by atoms with E-state index in [9.17, 15) is 14.4 Å². The van der Waals surface area contributed by atoms with Crippen LogP contribution in [0.5, 0.6) is 5.75 Å². The van der Waals surface area contributed by atoms with Gasteiger partial charge >= 0.3 is 0 Å². The lowest BCUT2D eigenvalue weighted by atomic mass is 9.71. The molecule has 1 aliphatic heterocycles. The van der Waals surface area contributed by atoms with Crippen molar-refractivity contribution >= 4 is 66.6 Å². The summed E-state index contributed by atoms with van der Waals surface area (Å²) in [5.74, 6) is -0.311. The van der Waals surface area contributed by atoms with E-state index in [1.807, 2.05) is 19.2 Å². The molecule has 2 aliphatic carbocycles. The largest absolute Gasteiger partial charge is 0.482 e. The van der Waals surface area contributed by atoms with Gasteiger partial charge in [-0.2, -0.15) is 0 Å². The van der Waals surface area contributed by atoms with Crippen molar-refractivity contribution in [3.63, 3.8) is 0 Å². The predicted octanol–water partition coefficient (Wildman–Crippen LogP) is 6.93. The summed E-state index contributed by atoms with van der Waals surface area (Å²) in [7, 11) is 1.97. The molecule has 0 atom stereocenters. The fraction of sp³-hybridized carbons (Fsp3) is 0.321. The number of benzene rings is 2. The number of allylic oxidation sites excluding steroid dienone is 4. The first kappa shape index (κ1) is 26.2. The van der Waals surface area contributed by atoms with Crippen molar-refractivity contribution in [3.8, 4) is 5.75 Å². The summed E-state index contributed by atoms with van der Waals surface area (Å²) in [5.41, 5.74) is 4.61. The Bertz CT molecular complexity index is 1320. The molecule has 1 amide bonds. The molecule has 37 heavy (non-hydrogen) atoms. The summed E-state index contributed by atoms with van der Waals surface area (Å²) >= 11 is 13.1. The third-order valence-corrected chi connectivity index (χ3v) is 8.37. The van der Waals surface area contributed by atoms with Crippen LogP contribution in [-0.2, 0) is 14.4 Å². The normalized spacial score (nSPS) is 18.1. The minimum atomic E-state index is -0.537. The highest BCUT2D eigenvalue weighted by atomic mass is 79.9. The molecule has 6 nitrogen and oxygen atoms in total. The van der Waals surface area contributed by atoms with Crippen molar-refractivity contribution in [3.05, 3.63) is 78.5 Å². The lowest BCUT2D eigenvalue weighted by molar-refractivity contribution is -0.119. The van der Waals surface area contributed by atoms with Gasteiger partial charge in [-0.1, -0.05) is 27.5 Å². The van der Waals surface area contributed by atoms with Crippen LogP contribution in [0.2, 0.25) is 5.02 Å². The van der Waals surface area contributed by atoms with Crippen LogP contribution in [0.25, 0.3) is 0 Å². The number of Topliss-reactive ketones (excluding diaryl/α,β-unsaturated/α-hetero) is 2. The molecule has 0 saturated heterocycles. The molecule has 0 radical (unpaired) electrons. The van der Waals surface area contributed by atoms with Crippen LogP contribution in [0.4, 0.5) is 5.69 Å². The average Bonchev–Trinajstić information content (AvgIpc) is 2.86. The van der Waals surface area contributed by atoms with E-state index in [1.54, 1.807) is 24.3 Å². The Morgan fingerprint density at radius 2 is 1.59 bits per heavy atom. The van der Waals surface area contributed by atoms with Gasteiger partial charge in [0.05, 0.1) is 4.47 Å².